The summed E-state index contributed by atoms with van der Waals surface area (Å²) in [5.41, 5.74) is 1.40. The highest BCUT2D eigenvalue weighted by atomic mass is 16.5. The van der Waals surface area contributed by atoms with Crippen LogP contribution < -0.4 is 5.32 Å². The van der Waals surface area contributed by atoms with Gasteiger partial charge >= 0.3 is 0 Å². The summed E-state index contributed by atoms with van der Waals surface area (Å²) in [5.74, 6) is 1.01. The van der Waals surface area contributed by atoms with Gasteiger partial charge < -0.3 is 14.4 Å². The minimum absolute atomic E-state index is 0.206. The van der Waals surface area contributed by atoms with Gasteiger partial charge in [0, 0.05) is 31.1 Å². The lowest BCUT2D eigenvalue weighted by Gasteiger charge is -2.00. The largest absolute Gasteiger partial charge is 0.351 e. The molecule has 3 aromatic heterocycles. The molecule has 8 nitrogen and oxygen atoms in total. The van der Waals surface area contributed by atoms with Crippen LogP contribution in [0.5, 0.6) is 0 Å². The third kappa shape index (κ3) is 4.09. The minimum Gasteiger partial charge on any atom is -0.351 e. The van der Waals surface area contributed by atoms with E-state index in [4.69, 9.17) is 9.05 Å². The normalized spacial score (nSPS) is 12.1. The van der Waals surface area contributed by atoms with Crippen LogP contribution in [0.4, 0.5) is 0 Å². The molecule has 0 spiro atoms. The molecule has 3 heterocycles. The summed E-state index contributed by atoms with van der Waals surface area (Å²) in [6.45, 7) is 4.46. The predicted octanol–water partition coefficient (Wildman–Crippen LogP) is 2.61. The van der Waals surface area contributed by atoms with Crippen LogP contribution >= 0.6 is 0 Å². The van der Waals surface area contributed by atoms with E-state index in [-0.39, 0.29) is 17.6 Å². The van der Waals surface area contributed by atoms with Crippen LogP contribution in [0.2, 0.25) is 0 Å². The van der Waals surface area contributed by atoms with Crippen molar-refractivity contribution in [3.63, 3.8) is 0 Å². The van der Waals surface area contributed by atoms with E-state index in [1.54, 1.807) is 18.3 Å². The monoisotopic (exact) mass is 341 g/mol. The smallest absolute Gasteiger partial charge is 0.289 e. The second-order valence-electron chi connectivity index (χ2n) is 5.66. The molecule has 0 aromatic carbocycles. The molecule has 0 fully saturated rings. The Morgan fingerprint density at radius 2 is 2.16 bits per heavy atom. The van der Waals surface area contributed by atoms with Crippen LogP contribution in [0.25, 0.3) is 11.6 Å². The number of amides is 1. The number of hydrogen-bond acceptors (Lipinski definition) is 7. The maximum Gasteiger partial charge on any atom is 0.289 e. The highest BCUT2D eigenvalue weighted by Gasteiger charge is 2.16. The first-order chi connectivity index (χ1) is 12.2. The predicted molar refractivity (Wildman–Crippen MR) is 88.8 cm³/mol. The number of nitrogens with zero attached hydrogens (tertiary/aromatic N) is 4. The molecule has 8 heteroatoms. The molecule has 0 saturated carbocycles. The van der Waals surface area contributed by atoms with Gasteiger partial charge in [-0.2, -0.15) is 4.98 Å². The van der Waals surface area contributed by atoms with Crippen LogP contribution in [0.1, 0.15) is 48.3 Å². The number of rotatable bonds is 7. The van der Waals surface area contributed by atoms with Gasteiger partial charge in [-0.25, -0.2) is 0 Å². The molecule has 0 aliphatic heterocycles. The Bertz CT molecular complexity index is 828. The van der Waals surface area contributed by atoms with Crippen LogP contribution in [-0.2, 0) is 6.42 Å². The summed E-state index contributed by atoms with van der Waals surface area (Å²) < 4.78 is 10.3. The van der Waals surface area contributed by atoms with Crippen molar-refractivity contribution in [2.75, 3.05) is 6.54 Å². The Morgan fingerprint density at radius 1 is 1.28 bits per heavy atom. The molecule has 1 atom stereocenters. The maximum atomic E-state index is 12.1. The lowest BCUT2D eigenvalue weighted by Crippen LogP contribution is -2.25. The summed E-state index contributed by atoms with van der Waals surface area (Å²) in [6, 6.07) is 7.12. The zero-order chi connectivity index (χ0) is 17.6. The second-order valence-corrected chi connectivity index (χ2v) is 5.66. The number of carbonyl (C=O) groups excluding carboxylic acids is 1. The maximum absolute atomic E-state index is 12.1. The fraction of sp³-hybridized carbons (Fsp3) is 0.353. The summed E-state index contributed by atoms with van der Waals surface area (Å²) >= 11 is 0. The molecule has 0 bridgehead atoms. The van der Waals surface area contributed by atoms with E-state index < -0.39 is 0 Å². The molecule has 25 heavy (non-hydrogen) atoms. The average Bonchev–Trinajstić information content (AvgIpc) is 3.31. The van der Waals surface area contributed by atoms with E-state index >= 15 is 0 Å². The molecule has 0 aliphatic rings. The van der Waals surface area contributed by atoms with Crippen molar-refractivity contribution in [2.24, 2.45) is 0 Å². The molecule has 130 valence electrons. The molecule has 3 rings (SSSR count). The van der Waals surface area contributed by atoms with Gasteiger partial charge in [0.1, 0.15) is 5.69 Å². The average molecular weight is 341 g/mol. The van der Waals surface area contributed by atoms with Crippen molar-refractivity contribution in [3.8, 4) is 11.6 Å². The summed E-state index contributed by atoms with van der Waals surface area (Å²) in [4.78, 5) is 20.5. The van der Waals surface area contributed by atoms with E-state index in [0.29, 0.717) is 30.4 Å². The molecular formula is C17H19N5O3. The molecule has 1 N–H and O–H groups in total. The lowest BCUT2D eigenvalue weighted by molar-refractivity contribution is 0.0917. The van der Waals surface area contributed by atoms with Gasteiger partial charge in [0.25, 0.3) is 11.8 Å². The SMILES string of the molecule is CCC(C)c1cc(C(=O)NCCc2noc(-c3ccccn3)n2)on1. The van der Waals surface area contributed by atoms with Gasteiger partial charge in [-0.1, -0.05) is 30.2 Å². The van der Waals surface area contributed by atoms with Crippen molar-refractivity contribution in [3.05, 3.63) is 47.7 Å². The quantitative estimate of drug-likeness (QED) is 0.704. The van der Waals surface area contributed by atoms with E-state index in [2.05, 4.69) is 32.5 Å². The van der Waals surface area contributed by atoms with Crippen molar-refractivity contribution in [1.29, 1.82) is 0 Å². The molecule has 1 unspecified atom stereocenters. The number of hydrogen-bond donors (Lipinski definition) is 1. The number of nitrogens with one attached hydrogen (secondary N) is 1. The third-order valence-corrected chi connectivity index (χ3v) is 3.86. The second kappa shape index (κ2) is 7.69. The van der Waals surface area contributed by atoms with Gasteiger partial charge in [0.05, 0.1) is 5.69 Å². The zero-order valence-electron chi connectivity index (χ0n) is 14.1. The summed E-state index contributed by atoms with van der Waals surface area (Å²) in [6.07, 6.45) is 3.03. The van der Waals surface area contributed by atoms with E-state index in [9.17, 15) is 4.79 Å². The van der Waals surface area contributed by atoms with Crippen LogP contribution in [-0.4, -0.2) is 32.7 Å². The third-order valence-electron chi connectivity index (χ3n) is 3.86. The Kier molecular flexibility index (Phi) is 5.17. The van der Waals surface area contributed by atoms with E-state index in [1.165, 1.54) is 0 Å². The van der Waals surface area contributed by atoms with Crippen molar-refractivity contribution in [2.45, 2.75) is 32.6 Å². The van der Waals surface area contributed by atoms with Gasteiger partial charge in [0.2, 0.25) is 5.76 Å². The standard InChI is InChI=1S/C17H19N5O3/c1-3-11(2)13-10-14(24-21-13)16(23)19-9-7-15-20-17(25-22-15)12-6-4-5-8-18-12/h4-6,8,10-11H,3,7,9H2,1-2H3,(H,19,23). The summed E-state index contributed by atoms with van der Waals surface area (Å²) in [7, 11) is 0. The zero-order valence-corrected chi connectivity index (χ0v) is 14.1. The first kappa shape index (κ1) is 16.8. The van der Waals surface area contributed by atoms with Gasteiger partial charge in [-0.3, -0.25) is 9.78 Å². The Hall–Kier alpha value is -3.03. The van der Waals surface area contributed by atoms with Crippen LogP contribution in [0.15, 0.2) is 39.5 Å². The fourth-order valence-corrected chi connectivity index (χ4v) is 2.16. The number of carbonyl (C=O) groups is 1. The van der Waals surface area contributed by atoms with Crippen molar-refractivity contribution in [1.82, 2.24) is 25.6 Å². The Labute approximate surface area is 144 Å². The van der Waals surface area contributed by atoms with E-state index in [1.807, 2.05) is 19.1 Å². The minimum atomic E-state index is -0.310. The lowest BCUT2D eigenvalue weighted by atomic mass is 10.1. The first-order valence-corrected chi connectivity index (χ1v) is 8.16. The van der Waals surface area contributed by atoms with Crippen molar-refractivity contribution >= 4 is 5.91 Å². The Balaban J connectivity index is 1.52. The molecule has 0 aliphatic carbocycles. The molecular weight excluding hydrogens is 322 g/mol. The van der Waals surface area contributed by atoms with E-state index in [0.717, 1.165) is 12.1 Å². The first-order valence-electron chi connectivity index (χ1n) is 8.16. The number of aromatic nitrogens is 4. The molecule has 0 radical (unpaired) electrons. The molecule has 3 aromatic rings. The fourth-order valence-electron chi connectivity index (χ4n) is 2.16. The van der Waals surface area contributed by atoms with Crippen LogP contribution in [0.3, 0.4) is 0 Å². The topological polar surface area (TPSA) is 107 Å². The van der Waals surface area contributed by atoms with Gasteiger partial charge in [0.15, 0.2) is 5.82 Å². The van der Waals surface area contributed by atoms with Gasteiger partial charge in [-0.05, 0) is 18.6 Å². The highest BCUT2D eigenvalue weighted by Crippen LogP contribution is 2.18. The Morgan fingerprint density at radius 3 is 2.92 bits per heavy atom. The highest BCUT2D eigenvalue weighted by molar-refractivity contribution is 5.91. The summed E-state index contributed by atoms with van der Waals surface area (Å²) in [5, 5.41) is 10.6. The van der Waals surface area contributed by atoms with Gasteiger partial charge in [-0.15, -0.1) is 0 Å². The van der Waals surface area contributed by atoms with Crippen LogP contribution in [0, 0.1) is 0 Å². The molecule has 0 saturated heterocycles. The number of pyridine rings is 1. The molecule has 1 amide bonds. The van der Waals surface area contributed by atoms with Crippen molar-refractivity contribution < 1.29 is 13.8 Å².